The van der Waals surface area contributed by atoms with E-state index in [9.17, 15) is 34.2 Å². The van der Waals surface area contributed by atoms with Gasteiger partial charge in [-0.3, -0.25) is 19.2 Å². The molecule has 4 rings (SSSR count). The molecule has 2 N–H and O–H groups in total. The molecule has 0 aromatic carbocycles. The second-order valence-corrected chi connectivity index (χ2v) is 12.9. The molecular weight excluding hydrogens is 496 g/mol. The highest BCUT2D eigenvalue weighted by Crippen LogP contribution is 2.72. The fraction of sp³-hybridized carbons (Fsp3) is 0.750. The zero-order valence-corrected chi connectivity index (χ0v) is 23.2. The first-order valence-electron chi connectivity index (χ1n) is 12.9. The molecule has 1 saturated heterocycles. The van der Waals surface area contributed by atoms with Gasteiger partial charge in [-0.1, -0.05) is 39.8 Å². The zero-order chi connectivity index (χ0) is 29.0. The van der Waals surface area contributed by atoms with Gasteiger partial charge in [0.1, 0.15) is 11.9 Å². The number of aliphatic hydroxyl groups excluding tert-OH is 2. The van der Waals surface area contributed by atoms with Gasteiger partial charge in [-0.05, 0) is 26.2 Å². The quantitative estimate of drug-likeness (QED) is 0.231. The number of carbonyl (C=O) groups is 5. The minimum absolute atomic E-state index is 0.110. The largest absolute Gasteiger partial charge is 0.466 e. The molecule has 3 aliphatic carbocycles. The van der Waals surface area contributed by atoms with Crippen molar-refractivity contribution >= 4 is 29.5 Å². The van der Waals surface area contributed by atoms with Gasteiger partial charge >= 0.3 is 17.9 Å². The van der Waals surface area contributed by atoms with Crippen molar-refractivity contribution < 1.29 is 48.4 Å². The van der Waals surface area contributed by atoms with Crippen molar-refractivity contribution in [3.63, 3.8) is 0 Å². The van der Waals surface area contributed by atoms with E-state index in [2.05, 4.69) is 6.58 Å². The molecule has 38 heavy (non-hydrogen) atoms. The van der Waals surface area contributed by atoms with Crippen molar-refractivity contribution in [3.05, 3.63) is 12.2 Å². The van der Waals surface area contributed by atoms with E-state index in [4.69, 9.17) is 14.2 Å². The summed E-state index contributed by atoms with van der Waals surface area (Å²) in [6.45, 7) is 14.9. The molecule has 3 saturated carbocycles. The summed E-state index contributed by atoms with van der Waals surface area (Å²) >= 11 is 0. The molecule has 0 radical (unpaired) electrons. The lowest BCUT2D eigenvalue weighted by Crippen LogP contribution is -2.78. The molecule has 0 aromatic heterocycles. The number of carbonyl (C=O) groups excluding carboxylic acids is 5. The summed E-state index contributed by atoms with van der Waals surface area (Å²) in [6.07, 6.45) is -4.03. The Balaban J connectivity index is 2.01. The maximum absolute atomic E-state index is 14.1. The number of esters is 3. The molecule has 210 valence electrons. The highest BCUT2D eigenvalue weighted by molar-refractivity contribution is 6.15. The first-order valence-corrected chi connectivity index (χ1v) is 12.9. The number of ketones is 2. The van der Waals surface area contributed by atoms with E-state index in [0.29, 0.717) is 5.57 Å². The van der Waals surface area contributed by atoms with Crippen LogP contribution in [0.15, 0.2) is 12.2 Å². The van der Waals surface area contributed by atoms with Gasteiger partial charge < -0.3 is 24.4 Å². The van der Waals surface area contributed by atoms with Crippen LogP contribution in [-0.4, -0.2) is 70.7 Å². The van der Waals surface area contributed by atoms with Gasteiger partial charge in [0.05, 0.1) is 30.7 Å². The molecule has 0 amide bonds. The predicted octanol–water partition coefficient (Wildman–Crippen LogP) is 1.54. The van der Waals surface area contributed by atoms with Crippen molar-refractivity contribution in [2.75, 3.05) is 7.11 Å². The number of hydrogen-bond donors (Lipinski definition) is 2. The van der Waals surface area contributed by atoms with Crippen molar-refractivity contribution in [2.24, 2.45) is 39.4 Å². The minimum Gasteiger partial charge on any atom is -0.466 e. The van der Waals surface area contributed by atoms with Gasteiger partial charge in [-0.15, -0.1) is 0 Å². The number of aliphatic hydroxyl groups is 2. The summed E-state index contributed by atoms with van der Waals surface area (Å²) in [7, 11) is 1.08. The first kappa shape index (κ1) is 28.4. The number of cyclic esters (lactones) is 1. The van der Waals surface area contributed by atoms with Crippen LogP contribution in [0.4, 0.5) is 0 Å². The predicted molar refractivity (Wildman–Crippen MR) is 131 cm³/mol. The van der Waals surface area contributed by atoms with Gasteiger partial charge in [0, 0.05) is 35.5 Å². The maximum atomic E-state index is 14.1. The highest BCUT2D eigenvalue weighted by atomic mass is 16.6. The smallest absolute Gasteiger partial charge is 0.358 e. The molecular formula is C28H38O10. The van der Waals surface area contributed by atoms with E-state index in [0.717, 1.165) is 7.11 Å². The Labute approximate surface area is 222 Å². The van der Waals surface area contributed by atoms with E-state index >= 15 is 0 Å². The Hall–Kier alpha value is -2.59. The summed E-state index contributed by atoms with van der Waals surface area (Å²) in [4.78, 5) is 66.1. The number of methoxy groups -OCH3 is 1. The second kappa shape index (κ2) is 8.21. The van der Waals surface area contributed by atoms with Crippen LogP contribution in [0.25, 0.3) is 0 Å². The van der Waals surface area contributed by atoms with Crippen molar-refractivity contribution in [1.29, 1.82) is 0 Å². The number of Topliss-reactive ketones (excluding diaryl/α,β-unsaturated/α-hetero) is 2. The Bertz CT molecular complexity index is 1160. The van der Waals surface area contributed by atoms with E-state index in [1.807, 2.05) is 0 Å². The SMILES string of the molecule is C=C1C[C@H]2[C@@](C)([C@@H]3C(=O)O[C@@](C)(C(=O)OC)C(=O)[C@@]13C)[C@@H](OC(C)=O)[C@@H](O)[C@H]1C(C)(C)C(=O)C[C@@H](O)[C@@]21C. The van der Waals surface area contributed by atoms with Crippen LogP contribution in [0.5, 0.6) is 0 Å². The van der Waals surface area contributed by atoms with E-state index in [1.54, 1.807) is 27.7 Å². The normalized spacial score (nSPS) is 47.7. The van der Waals surface area contributed by atoms with Crippen LogP contribution < -0.4 is 0 Å². The van der Waals surface area contributed by atoms with Crippen molar-refractivity contribution in [1.82, 2.24) is 0 Å². The van der Waals surface area contributed by atoms with E-state index in [-0.39, 0.29) is 18.6 Å². The number of rotatable bonds is 2. The van der Waals surface area contributed by atoms with Crippen LogP contribution in [0.1, 0.15) is 61.3 Å². The maximum Gasteiger partial charge on any atom is 0.358 e. The number of fused-ring (bicyclic) bond motifs is 5. The van der Waals surface area contributed by atoms with Crippen LogP contribution in [0.2, 0.25) is 0 Å². The van der Waals surface area contributed by atoms with Crippen LogP contribution >= 0.6 is 0 Å². The summed E-state index contributed by atoms with van der Waals surface area (Å²) in [5.41, 5.74) is -7.20. The molecule has 10 nitrogen and oxygen atoms in total. The van der Waals surface area contributed by atoms with Gasteiger partial charge in [-0.25, -0.2) is 4.79 Å². The molecule has 10 atom stereocenters. The molecule has 0 bridgehead atoms. The molecule has 0 unspecified atom stereocenters. The lowest BCUT2D eigenvalue weighted by atomic mass is 9.33. The molecule has 0 spiro atoms. The number of allylic oxidation sites excluding steroid dienone is 1. The number of hydrogen-bond acceptors (Lipinski definition) is 10. The Morgan fingerprint density at radius 1 is 1.00 bits per heavy atom. The van der Waals surface area contributed by atoms with Crippen LogP contribution in [-0.2, 0) is 38.2 Å². The third-order valence-corrected chi connectivity index (χ3v) is 10.7. The standard InChI is InChI=1S/C28H38O10/c1-12-10-14-26(6)16(31)11-15(30)24(3,4)18(26)17(32)20(37-13(2)29)27(14,7)19-21(33)38-28(8,23(35)36-9)22(34)25(12,19)5/h14,16-20,31-32H,1,10-11H2,2-9H3/t14-,16-,17+,18+,19-,20+,25+,26-,27+,28-/m1/s1. The Morgan fingerprint density at radius 3 is 2.11 bits per heavy atom. The third-order valence-electron chi connectivity index (χ3n) is 10.7. The molecule has 1 heterocycles. The molecule has 4 fully saturated rings. The summed E-state index contributed by atoms with van der Waals surface area (Å²) < 4.78 is 16.1. The summed E-state index contributed by atoms with van der Waals surface area (Å²) in [5.74, 6) is -6.46. The first-order chi connectivity index (χ1) is 17.3. The fourth-order valence-electron chi connectivity index (χ4n) is 8.85. The van der Waals surface area contributed by atoms with Gasteiger partial charge in [-0.2, -0.15) is 0 Å². The molecule has 0 aromatic rings. The monoisotopic (exact) mass is 534 g/mol. The molecule has 1 aliphatic heterocycles. The van der Waals surface area contributed by atoms with Gasteiger partial charge in [0.15, 0.2) is 5.78 Å². The van der Waals surface area contributed by atoms with Crippen LogP contribution in [0, 0.1) is 39.4 Å². The Kier molecular flexibility index (Phi) is 6.14. The zero-order valence-electron chi connectivity index (χ0n) is 23.2. The topological polar surface area (TPSA) is 154 Å². The highest BCUT2D eigenvalue weighted by Gasteiger charge is 2.79. The van der Waals surface area contributed by atoms with Crippen molar-refractivity contribution in [2.45, 2.75) is 85.2 Å². The minimum atomic E-state index is -2.22. The second-order valence-electron chi connectivity index (χ2n) is 12.9. The average Bonchev–Trinajstić information content (AvgIpc) is 2.80. The molecule has 4 aliphatic rings. The molecule has 10 heteroatoms. The van der Waals surface area contributed by atoms with Gasteiger partial charge in [0.25, 0.3) is 5.60 Å². The fourth-order valence-corrected chi connectivity index (χ4v) is 8.85. The lowest BCUT2D eigenvalue weighted by Gasteiger charge is -2.71. The van der Waals surface area contributed by atoms with Crippen molar-refractivity contribution in [3.8, 4) is 0 Å². The van der Waals surface area contributed by atoms with E-state index < -0.39 is 87.0 Å². The van der Waals surface area contributed by atoms with Crippen LogP contribution in [0.3, 0.4) is 0 Å². The summed E-state index contributed by atoms with van der Waals surface area (Å²) in [6, 6.07) is 0. The van der Waals surface area contributed by atoms with Gasteiger partial charge in [0.2, 0.25) is 0 Å². The Morgan fingerprint density at radius 2 is 1.58 bits per heavy atom. The average molecular weight is 535 g/mol. The van der Waals surface area contributed by atoms with E-state index in [1.165, 1.54) is 20.8 Å². The lowest BCUT2D eigenvalue weighted by molar-refractivity contribution is -0.293. The third kappa shape index (κ3) is 3.10. The number of ether oxygens (including phenoxy) is 3. The summed E-state index contributed by atoms with van der Waals surface area (Å²) in [5, 5.41) is 23.3.